The van der Waals surface area contributed by atoms with Gasteiger partial charge in [-0.1, -0.05) is 107 Å². The van der Waals surface area contributed by atoms with Gasteiger partial charge in [0.05, 0.1) is 55.3 Å². The molecule has 10 heteroatoms. The van der Waals surface area contributed by atoms with Crippen molar-refractivity contribution in [2.75, 3.05) is 0 Å². The molecule has 0 unspecified atom stereocenters. The molecule has 3 heterocycles. The Bertz CT molecular complexity index is 1410. The molecule has 6 rings (SSSR count). The molecular weight excluding hydrogens is 500 g/mol. The first-order valence-electron chi connectivity index (χ1n) is 13.3. The van der Waals surface area contributed by atoms with Gasteiger partial charge in [0, 0.05) is 19.6 Å². The smallest absolute Gasteiger partial charge is 0.0967 e. The second kappa shape index (κ2) is 12.3. The molecule has 0 saturated carbocycles. The van der Waals surface area contributed by atoms with E-state index >= 15 is 0 Å². The molecule has 40 heavy (non-hydrogen) atoms. The van der Waals surface area contributed by atoms with Gasteiger partial charge in [-0.3, -0.25) is 4.90 Å². The Balaban J connectivity index is 1.16. The summed E-state index contributed by atoms with van der Waals surface area (Å²) in [5.41, 5.74) is 6.18. The lowest BCUT2D eigenvalue weighted by Gasteiger charge is -2.18. The molecule has 3 aromatic carbocycles. The number of rotatable bonds is 12. The van der Waals surface area contributed by atoms with E-state index in [4.69, 9.17) is 0 Å². The summed E-state index contributed by atoms with van der Waals surface area (Å²) < 4.78 is 5.61. The summed E-state index contributed by atoms with van der Waals surface area (Å²) in [6, 6.07) is 30.8. The normalized spacial score (nSPS) is 11.3. The molecule has 0 saturated heterocycles. The lowest BCUT2D eigenvalue weighted by molar-refractivity contribution is 0.238. The summed E-state index contributed by atoms with van der Waals surface area (Å²) in [4.78, 5) is 2.24. The fraction of sp³-hybridized carbons (Fsp3) is 0.200. The van der Waals surface area contributed by atoms with Crippen molar-refractivity contribution in [3.8, 4) is 0 Å². The highest BCUT2D eigenvalue weighted by Crippen LogP contribution is 2.13. The summed E-state index contributed by atoms with van der Waals surface area (Å²) in [6.45, 7) is 3.80. The van der Waals surface area contributed by atoms with Crippen molar-refractivity contribution in [3.63, 3.8) is 0 Å². The van der Waals surface area contributed by atoms with E-state index in [1.165, 1.54) is 16.7 Å². The quantitative estimate of drug-likeness (QED) is 0.237. The molecule has 0 aliphatic carbocycles. The van der Waals surface area contributed by atoms with E-state index in [0.29, 0.717) is 39.3 Å². The van der Waals surface area contributed by atoms with Gasteiger partial charge in [-0.05, 0) is 16.7 Å². The lowest BCUT2D eigenvalue weighted by Crippen LogP contribution is -2.23. The summed E-state index contributed by atoms with van der Waals surface area (Å²) in [6.07, 6.45) is 6.00. The first-order chi connectivity index (χ1) is 19.7. The molecule has 0 N–H and O–H groups in total. The molecule has 6 aromatic rings. The predicted octanol–water partition coefficient (Wildman–Crippen LogP) is 3.81. The fourth-order valence-electron chi connectivity index (χ4n) is 4.63. The molecule has 0 radical (unpaired) electrons. The van der Waals surface area contributed by atoms with Gasteiger partial charge in [-0.25, -0.2) is 14.0 Å². The number of benzene rings is 3. The third-order valence-corrected chi connectivity index (χ3v) is 6.48. The highest BCUT2D eigenvalue weighted by atomic mass is 15.4. The van der Waals surface area contributed by atoms with Crippen LogP contribution >= 0.6 is 0 Å². The molecule has 0 bridgehead atoms. The first kappa shape index (κ1) is 25.3. The molecule has 0 aliphatic rings. The van der Waals surface area contributed by atoms with Crippen molar-refractivity contribution in [2.45, 2.75) is 39.3 Å². The van der Waals surface area contributed by atoms with E-state index in [1.54, 1.807) is 0 Å². The van der Waals surface area contributed by atoms with Crippen molar-refractivity contribution in [3.05, 3.63) is 143 Å². The number of hydrogen-bond donors (Lipinski definition) is 0. The van der Waals surface area contributed by atoms with Crippen molar-refractivity contribution in [2.24, 2.45) is 0 Å². The summed E-state index contributed by atoms with van der Waals surface area (Å²) >= 11 is 0. The van der Waals surface area contributed by atoms with E-state index in [1.807, 2.05) is 87.2 Å². The third kappa shape index (κ3) is 6.91. The van der Waals surface area contributed by atoms with Crippen LogP contribution in [0.2, 0.25) is 0 Å². The maximum atomic E-state index is 4.45. The minimum Gasteiger partial charge on any atom is -0.285 e. The maximum absolute atomic E-state index is 4.45. The zero-order valence-electron chi connectivity index (χ0n) is 22.1. The average Bonchev–Trinajstić information content (AvgIpc) is 3.73. The van der Waals surface area contributed by atoms with Crippen LogP contribution in [-0.4, -0.2) is 49.9 Å². The van der Waals surface area contributed by atoms with Gasteiger partial charge in [0.2, 0.25) is 0 Å². The maximum Gasteiger partial charge on any atom is 0.0967 e. The van der Waals surface area contributed by atoms with E-state index in [9.17, 15) is 0 Å². The van der Waals surface area contributed by atoms with Gasteiger partial charge in [0.25, 0.3) is 0 Å². The van der Waals surface area contributed by atoms with E-state index in [2.05, 4.69) is 72.2 Å². The molecule has 10 nitrogen and oxygen atoms in total. The fourth-order valence-corrected chi connectivity index (χ4v) is 4.63. The molecule has 200 valence electrons. The molecule has 0 fully saturated rings. The van der Waals surface area contributed by atoms with Crippen molar-refractivity contribution >= 4 is 0 Å². The van der Waals surface area contributed by atoms with Crippen LogP contribution in [0.3, 0.4) is 0 Å². The van der Waals surface area contributed by atoms with Crippen LogP contribution in [0.1, 0.15) is 33.8 Å². The van der Waals surface area contributed by atoms with E-state index in [-0.39, 0.29) is 0 Å². The second-order valence-electron chi connectivity index (χ2n) is 9.82. The van der Waals surface area contributed by atoms with Crippen LogP contribution < -0.4 is 0 Å². The van der Waals surface area contributed by atoms with Gasteiger partial charge in [0.1, 0.15) is 0 Å². The lowest BCUT2D eigenvalue weighted by atomic mass is 10.2. The number of hydrogen-bond acceptors (Lipinski definition) is 7. The molecule has 0 aliphatic heterocycles. The minimum absolute atomic E-state index is 0.589. The molecule has 0 amide bonds. The van der Waals surface area contributed by atoms with Crippen LogP contribution in [0, 0.1) is 0 Å². The first-order valence-corrected chi connectivity index (χ1v) is 13.3. The third-order valence-electron chi connectivity index (χ3n) is 6.48. The Morgan fingerprint density at radius 1 is 0.425 bits per heavy atom. The van der Waals surface area contributed by atoms with Crippen molar-refractivity contribution in [1.29, 1.82) is 0 Å². The van der Waals surface area contributed by atoms with Crippen molar-refractivity contribution in [1.82, 2.24) is 49.9 Å². The zero-order chi connectivity index (χ0) is 27.0. The molecule has 3 aromatic heterocycles. The van der Waals surface area contributed by atoms with Crippen LogP contribution in [-0.2, 0) is 39.3 Å². The zero-order valence-corrected chi connectivity index (χ0v) is 22.1. The molecule has 0 atom stereocenters. The van der Waals surface area contributed by atoms with Crippen LogP contribution in [0.5, 0.6) is 0 Å². The van der Waals surface area contributed by atoms with E-state index < -0.39 is 0 Å². The molecule has 0 spiro atoms. The Morgan fingerprint density at radius 3 is 1.02 bits per heavy atom. The van der Waals surface area contributed by atoms with Gasteiger partial charge in [-0.15, -0.1) is 15.3 Å². The van der Waals surface area contributed by atoms with Gasteiger partial charge in [0.15, 0.2) is 0 Å². The summed E-state index contributed by atoms with van der Waals surface area (Å²) in [7, 11) is 0. The largest absolute Gasteiger partial charge is 0.285 e. The number of nitrogens with zero attached hydrogens (tertiary/aromatic N) is 10. The summed E-state index contributed by atoms with van der Waals surface area (Å²) in [5.74, 6) is 0. The standard InChI is InChI=1S/C30H30N10/c1-4-10-25(11-5-1)16-38-22-28(31-34-38)19-37(20-29-23-39(35-32-29)17-26-12-6-2-7-13-26)21-30-24-40(36-33-30)18-27-14-8-3-9-15-27/h1-15,22-24H,16-21H2. The van der Waals surface area contributed by atoms with Gasteiger partial charge in [-0.2, -0.15) is 0 Å². The van der Waals surface area contributed by atoms with Gasteiger partial charge < -0.3 is 0 Å². The minimum atomic E-state index is 0.589. The Morgan fingerprint density at radius 2 is 0.725 bits per heavy atom. The topological polar surface area (TPSA) is 95.4 Å². The Kier molecular flexibility index (Phi) is 7.77. The van der Waals surface area contributed by atoms with E-state index in [0.717, 1.165) is 17.1 Å². The molecular formula is C30H30N10. The van der Waals surface area contributed by atoms with Crippen molar-refractivity contribution < 1.29 is 0 Å². The van der Waals surface area contributed by atoms with Gasteiger partial charge >= 0.3 is 0 Å². The highest BCUT2D eigenvalue weighted by molar-refractivity contribution is 5.17. The second-order valence-corrected chi connectivity index (χ2v) is 9.82. The predicted molar refractivity (Wildman–Crippen MR) is 150 cm³/mol. The monoisotopic (exact) mass is 530 g/mol. The SMILES string of the molecule is c1ccc(Cn2cc(CN(Cc3cn(Cc4ccccc4)nn3)Cc3cn(Cc4ccccc4)nn3)nn2)cc1. The Labute approximate surface area is 232 Å². The Hall–Kier alpha value is -4.96. The highest BCUT2D eigenvalue weighted by Gasteiger charge is 2.15. The average molecular weight is 531 g/mol. The van der Waals surface area contributed by atoms with Crippen LogP contribution in [0.15, 0.2) is 110 Å². The van der Waals surface area contributed by atoms with Crippen LogP contribution in [0.4, 0.5) is 0 Å². The number of aromatic nitrogens is 9. The summed E-state index contributed by atoms with van der Waals surface area (Å²) in [5, 5.41) is 26.4. The van der Waals surface area contributed by atoms with Crippen LogP contribution in [0.25, 0.3) is 0 Å².